The number of methoxy groups -OCH3 is 1. The van der Waals surface area contributed by atoms with Crippen LogP contribution in [0, 0.1) is 0 Å². The summed E-state index contributed by atoms with van der Waals surface area (Å²) in [7, 11) is 3.95. The topological polar surface area (TPSA) is 15.7 Å². The van der Waals surface area contributed by atoms with E-state index in [1.807, 2.05) is 0 Å². The van der Waals surface area contributed by atoms with Crippen molar-refractivity contribution in [2.24, 2.45) is 0 Å². The molecule has 0 spiro atoms. The molecule has 0 heterocycles. The molecule has 0 aliphatic carbocycles. The van der Waals surface area contributed by atoms with Crippen LogP contribution in [0.25, 0.3) is 0 Å². The number of nitrogens with zero attached hydrogens (tertiary/aromatic N) is 2. The van der Waals surface area contributed by atoms with Gasteiger partial charge in [-0.3, -0.25) is 4.90 Å². The van der Waals surface area contributed by atoms with Crippen molar-refractivity contribution in [2.45, 2.75) is 33.1 Å². The van der Waals surface area contributed by atoms with Gasteiger partial charge in [-0.2, -0.15) is 0 Å². The van der Waals surface area contributed by atoms with Gasteiger partial charge in [-0.15, -0.1) is 0 Å². The van der Waals surface area contributed by atoms with E-state index in [-0.39, 0.29) is 0 Å². The zero-order valence-electron chi connectivity index (χ0n) is 14.4. The summed E-state index contributed by atoms with van der Waals surface area (Å²) in [6.07, 6.45) is 1.19. The highest BCUT2D eigenvalue weighted by Gasteiger charge is 2.08. The number of rotatable bonds is 10. The van der Waals surface area contributed by atoms with Gasteiger partial charge < -0.3 is 9.64 Å². The van der Waals surface area contributed by atoms with Gasteiger partial charge >= 0.3 is 0 Å². The molecule has 0 saturated heterocycles. The molecule has 0 fully saturated rings. The summed E-state index contributed by atoms with van der Waals surface area (Å²) in [5.41, 5.74) is 2.72. The fraction of sp³-hybridized carbons (Fsp3) is 0.667. The summed E-state index contributed by atoms with van der Waals surface area (Å²) in [6.45, 7) is 11.8. The molecule has 0 aliphatic heterocycles. The summed E-state index contributed by atoms with van der Waals surface area (Å²) >= 11 is 0. The molecule has 1 aromatic carbocycles. The minimum absolute atomic E-state index is 0.580. The van der Waals surface area contributed by atoms with Crippen molar-refractivity contribution >= 4 is 5.69 Å². The molecule has 120 valence electrons. The second-order valence-corrected chi connectivity index (χ2v) is 6.01. The molecule has 0 radical (unpaired) electrons. The molecule has 1 aromatic rings. The number of ether oxygens (including phenoxy) is 1. The van der Waals surface area contributed by atoms with Gasteiger partial charge in [-0.25, -0.2) is 0 Å². The molecule has 0 N–H and O–H groups in total. The summed E-state index contributed by atoms with van der Waals surface area (Å²) in [6, 6.07) is 8.88. The first-order chi connectivity index (χ1) is 10.1. The van der Waals surface area contributed by atoms with E-state index in [9.17, 15) is 0 Å². The number of likely N-dealkylation sites (N-methyl/N-ethyl adjacent to an activating group) is 1. The summed E-state index contributed by atoms with van der Waals surface area (Å²) < 4.78 is 5.20. The smallest absolute Gasteiger partial charge is 0.0589 e. The molecule has 0 aliphatic rings. The van der Waals surface area contributed by atoms with Gasteiger partial charge in [-0.1, -0.05) is 32.9 Å². The first-order valence-corrected chi connectivity index (χ1v) is 8.10. The molecular formula is C18H32N2O. The molecule has 3 nitrogen and oxygen atoms in total. The Bertz CT molecular complexity index is 393. The molecular weight excluding hydrogens is 260 g/mol. The Morgan fingerprint density at radius 3 is 2.48 bits per heavy atom. The van der Waals surface area contributed by atoms with Crippen LogP contribution in [0.4, 0.5) is 5.69 Å². The van der Waals surface area contributed by atoms with E-state index >= 15 is 0 Å². The fourth-order valence-corrected chi connectivity index (χ4v) is 2.41. The van der Waals surface area contributed by atoms with Gasteiger partial charge in [0.25, 0.3) is 0 Å². The van der Waals surface area contributed by atoms with Crippen molar-refractivity contribution in [2.75, 3.05) is 51.8 Å². The molecule has 0 unspecified atom stereocenters. The Balaban J connectivity index is 2.54. The van der Waals surface area contributed by atoms with Crippen molar-refractivity contribution in [1.82, 2.24) is 4.90 Å². The van der Waals surface area contributed by atoms with Crippen molar-refractivity contribution in [3.63, 3.8) is 0 Å². The monoisotopic (exact) mass is 292 g/mol. The van der Waals surface area contributed by atoms with E-state index in [2.05, 4.69) is 61.9 Å². The quantitative estimate of drug-likeness (QED) is 0.655. The second kappa shape index (κ2) is 9.80. The highest BCUT2D eigenvalue weighted by atomic mass is 16.5. The van der Waals surface area contributed by atoms with Gasteiger partial charge in [-0.05, 0) is 36.6 Å². The largest absolute Gasteiger partial charge is 0.383 e. The molecule has 0 atom stereocenters. The van der Waals surface area contributed by atoms with Crippen molar-refractivity contribution in [3.8, 4) is 0 Å². The maximum Gasteiger partial charge on any atom is 0.0589 e. The molecule has 3 heteroatoms. The lowest BCUT2D eigenvalue weighted by Crippen LogP contribution is -2.35. The second-order valence-electron chi connectivity index (χ2n) is 6.01. The lowest BCUT2D eigenvalue weighted by molar-refractivity contribution is 0.149. The molecule has 0 saturated carbocycles. The maximum absolute atomic E-state index is 5.20. The van der Waals surface area contributed by atoms with Crippen LogP contribution in [0.15, 0.2) is 24.3 Å². The Morgan fingerprint density at radius 2 is 1.86 bits per heavy atom. The van der Waals surface area contributed by atoms with Gasteiger partial charge in [0.2, 0.25) is 0 Å². The summed E-state index contributed by atoms with van der Waals surface area (Å²) in [4.78, 5) is 4.83. The third-order valence-electron chi connectivity index (χ3n) is 3.88. The molecule has 0 amide bonds. The predicted octanol–water partition coefficient (Wildman–Crippen LogP) is 3.60. The minimum atomic E-state index is 0.580. The predicted molar refractivity (Wildman–Crippen MR) is 92.4 cm³/mol. The zero-order valence-corrected chi connectivity index (χ0v) is 14.4. The Hall–Kier alpha value is -1.06. The Kier molecular flexibility index (Phi) is 8.40. The zero-order chi connectivity index (χ0) is 15.7. The third-order valence-corrected chi connectivity index (χ3v) is 3.88. The van der Waals surface area contributed by atoms with Gasteiger partial charge in [0, 0.05) is 39.5 Å². The summed E-state index contributed by atoms with van der Waals surface area (Å²) in [5.74, 6) is 0.580. The highest BCUT2D eigenvalue weighted by molar-refractivity contribution is 5.48. The van der Waals surface area contributed by atoms with Crippen LogP contribution >= 0.6 is 0 Å². The maximum atomic E-state index is 5.20. The van der Waals surface area contributed by atoms with Gasteiger partial charge in [0.1, 0.15) is 0 Å². The lowest BCUT2D eigenvalue weighted by Gasteiger charge is -2.26. The normalized spacial score (nSPS) is 11.4. The van der Waals surface area contributed by atoms with Gasteiger partial charge in [0.15, 0.2) is 0 Å². The number of anilines is 1. The van der Waals surface area contributed by atoms with E-state index < -0.39 is 0 Å². The number of hydrogen-bond acceptors (Lipinski definition) is 3. The van der Waals surface area contributed by atoms with E-state index in [0.29, 0.717) is 5.92 Å². The van der Waals surface area contributed by atoms with Crippen LogP contribution in [-0.2, 0) is 4.74 Å². The van der Waals surface area contributed by atoms with E-state index in [4.69, 9.17) is 4.74 Å². The van der Waals surface area contributed by atoms with Crippen LogP contribution in [0.5, 0.6) is 0 Å². The van der Waals surface area contributed by atoms with Crippen LogP contribution in [-0.4, -0.2) is 51.8 Å². The fourth-order valence-electron chi connectivity index (χ4n) is 2.41. The average Bonchev–Trinajstić information content (AvgIpc) is 2.49. The first kappa shape index (κ1) is 18.0. The van der Waals surface area contributed by atoms with Crippen molar-refractivity contribution in [1.29, 1.82) is 0 Å². The average molecular weight is 292 g/mol. The van der Waals surface area contributed by atoms with Crippen LogP contribution in [0.2, 0.25) is 0 Å². The number of benzene rings is 1. The number of hydrogen-bond donors (Lipinski definition) is 0. The van der Waals surface area contributed by atoms with Crippen LogP contribution in [0.3, 0.4) is 0 Å². The lowest BCUT2D eigenvalue weighted by atomic mass is 10.0. The molecule has 21 heavy (non-hydrogen) atoms. The SMILES string of the molecule is CCCN(CCOC)CCN(C)c1cccc(C(C)C)c1. The Morgan fingerprint density at radius 1 is 1.10 bits per heavy atom. The van der Waals surface area contributed by atoms with Crippen molar-refractivity contribution < 1.29 is 4.74 Å². The Labute approximate surface area is 130 Å². The molecule has 0 bridgehead atoms. The van der Waals surface area contributed by atoms with E-state index in [1.165, 1.54) is 17.7 Å². The minimum Gasteiger partial charge on any atom is -0.383 e. The highest BCUT2D eigenvalue weighted by Crippen LogP contribution is 2.20. The van der Waals surface area contributed by atoms with E-state index in [1.54, 1.807) is 7.11 Å². The van der Waals surface area contributed by atoms with Crippen molar-refractivity contribution in [3.05, 3.63) is 29.8 Å². The summed E-state index contributed by atoms with van der Waals surface area (Å²) in [5, 5.41) is 0. The third kappa shape index (κ3) is 6.49. The standard InChI is InChI=1S/C18H32N2O/c1-6-10-20(13-14-21-5)12-11-19(4)18-9-7-8-17(15-18)16(2)3/h7-9,15-16H,6,10-14H2,1-5H3. The van der Waals surface area contributed by atoms with Gasteiger partial charge in [0.05, 0.1) is 6.61 Å². The van der Waals surface area contributed by atoms with Crippen LogP contribution in [0.1, 0.15) is 38.7 Å². The molecule has 1 rings (SSSR count). The first-order valence-electron chi connectivity index (χ1n) is 8.10. The van der Waals surface area contributed by atoms with Crippen LogP contribution < -0.4 is 4.90 Å². The molecule has 0 aromatic heterocycles. The van der Waals surface area contributed by atoms with E-state index in [0.717, 1.165) is 32.8 Å².